The van der Waals surface area contributed by atoms with E-state index < -0.39 is 12.1 Å². The second-order valence-corrected chi connectivity index (χ2v) is 6.71. The summed E-state index contributed by atoms with van der Waals surface area (Å²) in [6.07, 6.45) is 0.834. The summed E-state index contributed by atoms with van der Waals surface area (Å²) in [5, 5.41) is 6.42. The van der Waals surface area contributed by atoms with E-state index in [0.29, 0.717) is 26.9 Å². The smallest absolute Gasteiger partial charge is 0.347 e. The van der Waals surface area contributed by atoms with Gasteiger partial charge in [0.25, 0.3) is 0 Å². The lowest BCUT2D eigenvalue weighted by Gasteiger charge is -2.17. The van der Waals surface area contributed by atoms with Crippen molar-refractivity contribution in [3.63, 3.8) is 0 Å². The first kappa shape index (κ1) is 20.0. The zero-order chi connectivity index (χ0) is 19.1. The van der Waals surface area contributed by atoms with E-state index in [0.717, 1.165) is 5.56 Å². The summed E-state index contributed by atoms with van der Waals surface area (Å²) < 4.78 is 16.6. The maximum absolute atomic E-state index is 11.8. The highest BCUT2D eigenvalue weighted by molar-refractivity contribution is 9.10. The molecule has 1 heterocycles. The number of anilines is 2. The number of aromatic nitrogens is 1. The Kier molecular flexibility index (Phi) is 7.22. The maximum atomic E-state index is 11.8. The first-order valence-corrected chi connectivity index (χ1v) is 9.32. The second kappa shape index (κ2) is 9.39. The predicted octanol–water partition coefficient (Wildman–Crippen LogP) is 3.27. The number of ether oxygens (including phenoxy) is 3. The Bertz CT molecular complexity index is 797. The van der Waals surface area contributed by atoms with E-state index in [1.54, 1.807) is 37.6 Å². The topological polar surface area (TPSA) is 108 Å². The summed E-state index contributed by atoms with van der Waals surface area (Å²) >= 11 is 4.78. The van der Waals surface area contributed by atoms with Crippen LogP contribution < -0.4 is 20.6 Å². The van der Waals surface area contributed by atoms with Crippen LogP contribution in [-0.2, 0) is 9.53 Å². The molecule has 0 aliphatic rings. The van der Waals surface area contributed by atoms with Crippen molar-refractivity contribution in [3.8, 4) is 11.5 Å². The van der Waals surface area contributed by atoms with Crippen LogP contribution in [0.15, 0.2) is 27.1 Å². The maximum Gasteiger partial charge on any atom is 0.347 e. The van der Waals surface area contributed by atoms with Gasteiger partial charge in [-0.15, -0.1) is 11.3 Å². The van der Waals surface area contributed by atoms with Crippen molar-refractivity contribution in [2.24, 2.45) is 5.10 Å². The lowest BCUT2D eigenvalue weighted by molar-refractivity contribution is -0.150. The lowest BCUT2D eigenvalue weighted by atomic mass is 10.2. The van der Waals surface area contributed by atoms with Crippen LogP contribution in [0.5, 0.6) is 11.5 Å². The Morgan fingerprint density at radius 1 is 1.54 bits per heavy atom. The number of halogens is 1. The molecule has 0 radical (unpaired) electrons. The average molecular weight is 443 g/mol. The van der Waals surface area contributed by atoms with E-state index in [1.165, 1.54) is 18.4 Å². The number of esters is 1. The van der Waals surface area contributed by atoms with E-state index in [-0.39, 0.29) is 6.61 Å². The van der Waals surface area contributed by atoms with Crippen molar-refractivity contribution in [1.29, 1.82) is 0 Å². The van der Waals surface area contributed by atoms with Gasteiger partial charge in [0.05, 0.1) is 24.4 Å². The highest BCUT2D eigenvalue weighted by Crippen LogP contribution is 2.37. The minimum atomic E-state index is -0.767. The van der Waals surface area contributed by atoms with Crippen molar-refractivity contribution >= 4 is 50.4 Å². The molecule has 0 bridgehead atoms. The molecule has 1 aromatic carbocycles. The third-order valence-electron chi connectivity index (χ3n) is 3.06. The summed E-state index contributed by atoms with van der Waals surface area (Å²) in [4.78, 5) is 15.8. The van der Waals surface area contributed by atoms with Gasteiger partial charge in [-0.2, -0.15) is 5.10 Å². The number of nitrogens with zero attached hydrogens (tertiary/aromatic N) is 2. The summed E-state index contributed by atoms with van der Waals surface area (Å²) in [7, 11) is 1.52. The Hall–Kier alpha value is -2.33. The number of carbonyl (C=O) groups is 1. The summed E-state index contributed by atoms with van der Waals surface area (Å²) in [5.74, 6) is 0.856. The average Bonchev–Trinajstić information content (AvgIpc) is 3.02. The Labute approximate surface area is 163 Å². The summed E-state index contributed by atoms with van der Waals surface area (Å²) in [5.41, 5.74) is 9.10. The number of benzene rings is 1. The van der Waals surface area contributed by atoms with Crippen LogP contribution in [0, 0.1) is 0 Å². The molecule has 3 N–H and O–H groups in total. The van der Waals surface area contributed by atoms with Crippen LogP contribution in [-0.4, -0.2) is 37.0 Å². The molecule has 2 rings (SSSR count). The fourth-order valence-corrected chi connectivity index (χ4v) is 3.01. The standard InChI is InChI=1S/C16H19BrN4O4S/c1-4-24-15(22)9(2)25-14-11(17)5-10(6-12(14)23-3)7-19-21-16-20-13(18)8-26-16/h5-9H,4,18H2,1-3H3,(H,20,21). The van der Waals surface area contributed by atoms with Crippen LogP contribution in [0.4, 0.5) is 10.9 Å². The molecule has 0 amide bonds. The number of nitrogens with one attached hydrogen (secondary N) is 1. The number of hydrogen-bond acceptors (Lipinski definition) is 9. The van der Waals surface area contributed by atoms with E-state index >= 15 is 0 Å². The zero-order valence-electron chi connectivity index (χ0n) is 14.5. The number of thiazole rings is 1. The van der Waals surface area contributed by atoms with Crippen molar-refractivity contribution < 1.29 is 19.0 Å². The van der Waals surface area contributed by atoms with Gasteiger partial charge in [0, 0.05) is 5.38 Å². The zero-order valence-corrected chi connectivity index (χ0v) is 16.9. The van der Waals surface area contributed by atoms with Gasteiger partial charge in [-0.25, -0.2) is 9.78 Å². The highest BCUT2D eigenvalue weighted by Gasteiger charge is 2.20. The molecule has 8 nitrogen and oxygen atoms in total. The third-order valence-corrected chi connectivity index (χ3v) is 4.41. The molecule has 2 aromatic rings. The van der Waals surface area contributed by atoms with Gasteiger partial charge in [-0.3, -0.25) is 5.43 Å². The normalized spacial score (nSPS) is 12.0. The second-order valence-electron chi connectivity index (χ2n) is 4.99. The molecule has 26 heavy (non-hydrogen) atoms. The highest BCUT2D eigenvalue weighted by atomic mass is 79.9. The van der Waals surface area contributed by atoms with Gasteiger partial charge >= 0.3 is 5.97 Å². The molecule has 10 heteroatoms. The molecule has 0 aliphatic carbocycles. The van der Waals surface area contributed by atoms with Crippen LogP contribution in [0.3, 0.4) is 0 Å². The van der Waals surface area contributed by atoms with Gasteiger partial charge in [-0.1, -0.05) is 0 Å². The molecule has 0 fully saturated rings. The Morgan fingerprint density at radius 3 is 2.92 bits per heavy atom. The molecule has 0 spiro atoms. The Balaban J connectivity index is 2.13. The predicted molar refractivity (Wildman–Crippen MR) is 105 cm³/mol. The fraction of sp³-hybridized carbons (Fsp3) is 0.312. The van der Waals surface area contributed by atoms with Gasteiger partial charge < -0.3 is 19.9 Å². The quantitative estimate of drug-likeness (QED) is 0.366. The first-order chi connectivity index (χ1) is 12.4. The number of nitrogen functional groups attached to an aromatic ring is 1. The molecular weight excluding hydrogens is 424 g/mol. The molecule has 1 aromatic heterocycles. The van der Waals surface area contributed by atoms with E-state index in [9.17, 15) is 4.79 Å². The number of hydrazone groups is 1. The van der Waals surface area contributed by atoms with Crippen molar-refractivity contribution in [1.82, 2.24) is 4.98 Å². The van der Waals surface area contributed by atoms with Crippen molar-refractivity contribution in [3.05, 3.63) is 27.5 Å². The molecular formula is C16H19BrN4O4S. The minimum absolute atomic E-state index is 0.290. The SMILES string of the molecule is CCOC(=O)C(C)Oc1c(Br)cc(C=NNc2nc(N)cs2)cc1OC. The van der Waals surface area contributed by atoms with Crippen molar-refractivity contribution in [2.75, 3.05) is 24.9 Å². The lowest BCUT2D eigenvalue weighted by Crippen LogP contribution is -2.26. The number of carbonyl (C=O) groups excluding carboxylic acids is 1. The van der Waals surface area contributed by atoms with E-state index in [4.69, 9.17) is 19.9 Å². The molecule has 0 aliphatic heterocycles. The molecule has 1 unspecified atom stereocenters. The third kappa shape index (κ3) is 5.33. The molecule has 0 saturated carbocycles. The molecule has 1 atom stereocenters. The van der Waals surface area contributed by atoms with E-state index in [1.807, 2.05) is 0 Å². The largest absolute Gasteiger partial charge is 0.493 e. The molecule has 0 saturated heterocycles. The summed E-state index contributed by atoms with van der Waals surface area (Å²) in [6, 6.07) is 3.52. The summed E-state index contributed by atoms with van der Waals surface area (Å²) in [6.45, 7) is 3.64. The Morgan fingerprint density at radius 2 is 2.31 bits per heavy atom. The van der Waals surface area contributed by atoms with Crippen LogP contribution in [0.25, 0.3) is 0 Å². The fourth-order valence-electron chi connectivity index (χ4n) is 1.91. The van der Waals surface area contributed by atoms with Gasteiger partial charge in [0.2, 0.25) is 5.13 Å². The van der Waals surface area contributed by atoms with Gasteiger partial charge in [0.15, 0.2) is 17.6 Å². The van der Waals surface area contributed by atoms with Gasteiger partial charge in [-0.05, 0) is 47.5 Å². The van der Waals surface area contributed by atoms with Crippen molar-refractivity contribution in [2.45, 2.75) is 20.0 Å². The number of methoxy groups -OCH3 is 1. The minimum Gasteiger partial charge on any atom is -0.493 e. The van der Waals surface area contributed by atoms with E-state index in [2.05, 4.69) is 31.4 Å². The first-order valence-electron chi connectivity index (χ1n) is 7.65. The van der Waals surface area contributed by atoms with Crippen LogP contribution in [0.1, 0.15) is 19.4 Å². The van der Waals surface area contributed by atoms with Gasteiger partial charge in [0.1, 0.15) is 5.82 Å². The monoisotopic (exact) mass is 442 g/mol. The number of rotatable bonds is 8. The number of hydrogen-bond donors (Lipinski definition) is 2. The molecule has 140 valence electrons. The van der Waals surface area contributed by atoms with Crippen LogP contribution >= 0.6 is 27.3 Å². The number of nitrogens with two attached hydrogens (primary N) is 1. The van der Waals surface area contributed by atoms with Crippen LogP contribution in [0.2, 0.25) is 0 Å².